The van der Waals surface area contributed by atoms with Crippen molar-refractivity contribution in [3.63, 3.8) is 0 Å². The average Bonchev–Trinajstić information content (AvgIpc) is 2.11. The smallest absolute Gasteiger partial charge is 0.327 e. The highest BCUT2D eigenvalue weighted by Crippen LogP contribution is 1.83. The number of aliphatic carboxylic acids is 1. The van der Waals surface area contributed by atoms with E-state index in [4.69, 9.17) is 22.3 Å². The van der Waals surface area contributed by atoms with E-state index in [1.54, 1.807) is 0 Å². The summed E-state index contributed by atoms with van der Waals surface area (Å²) in [4.78, 5) is 21.4. The number of hydrogen-bond donors (Lipinski definition) is 5. The van der Waals surface area contributed by atoms with Crippen molar-refractivity contribution in [2.45, 2.75) is 12.1 Å². The van der Waals surface area contributed by atoms with E-state index in [2.05, 4.69) is 5.32 Å². The Kier molecular flexibility index (Phi) is 4.97. The number of rotatable bonds is 5. The van der Waals surface area contributed by atoms with Crippen molar-refractivity contribution >= 4 is 11.9 Å². The lowest BCUT2D eigenvalue weighted by molar-refractivity contribution is -0.141. The van der Waals surface area contributed by atoms with Gasteiger partial charge in [-0.25, -0.2) is 4.79 Å². The lowest BCUT2D eigenvalue weighted by Crippen LogP contribution is -2.53. The number of carbonyl (C=O) groups is 2. The van der Waals surface area contributed by atoms with Crippen LogP contribution in [0.3, 0.4) is 0 Å². The fraction of sp³-hybridized carbons (Fsp3) is 0.667. The maximum atomic E-state index is 11.0. The summed E-state index contributed by atoms with van der Waals surface area (Å²) in [6, 6.07) is -2.00. The van der Waals surface area contributed by atoms with Crippen LogP contribution in [0.2, 0.25) is 0 Å². The first kappa shape index (κ1) is 11.8. The van der Waals surface area contributed by atoms with Gasteiger partial charge in [0.25, 0.3) is 0 Å². The van der Waals surface area contributed by atoms with E-state index < -0.39 is 24.0 Å². The minimum absolute atomic E-state index is 0.0389. The van der Waals surface area contributed by atoms with E-state index in [0.29, 0.717) is 0 Å². The molecule has 0 fully saturated rings. The molecule has 0 bridgehead atoms. The highest BCUT2D eigenvalue weighted by molar-refractivity contribution is 5.87. The Hall–Kier alpha value is -1.18. The van der Waals surface area contributed by atoms with E-state index in [9.17, 15) is 9.59 Å². The number of hydrogen-bond acceptors (Lipinski definition) is 5. The molecular weight excluding hydrogens is 176 g/mol. The third-order valence-electron chi connectivity index (χ3n) is 1.44. The predicted octanol–water partition coefficient (Wildman–Crippen LogP) is -3.20. The molecule has 2 atom stereocenters. The van der Waals surface area contributed by atoms with Crippen LogP contribution in [0.15, 0.2) is 0 Å². The zero-order valence-corrected chi connectivity index (χ0v) is 7.06. The topological polar surface area (TPSA) is 144 Å². The van der Waals surface area contributed by atoms with Gasteiger partial charge >= 0.3 is 5.97 Å². The monoisotopic (exact) mass is 190 g/mol. The van der Waals surface area contributed by atoms with Gasteiger partial charge in [0.15, 0.2) is 0 Å². The standard InChI is InChI=1S/C6H14N4O3/c7-1-3(9)5(11)10-4(2-8)6(12)13/h3-4H,1-2,7-9H2,(H,10,11)(H,12,13)/t3-,4?/m0/s1. The van der Waals surface area contributed by atoms with Crippen LogP contribution in [0.5, 0.6) is 0 Å². The molecule has 0 saturated heterocycles. The van der Waals surface area contributed by atoms with Crippen LogP contribution < -0.4 is 22.5 Å². The summed E-state index contributed by atoms with van der Waals surface area (Å²) in [6.07, 6.45) is 0. The maximum Gasteiger partial charge on any atom is 0.327 e. The predicted molar refractivity (Wildman–Crippen MR) is 45.7 cm³/mol. The molecule has 0 saturated carbocycles. The van der Waals surface area contributed by atoms with Gasteiger partial charge in [0.1, 0.15) is 6.04 Å². The molecule has 1 amide bonds. The Balaban J connectivity index is 4.09. The molecule has 0 spiro atoms. The van der Waals surface area contributed by atoms with Gasteiger partial charge in [-0.2, -0.15) is 0 Å². The van der Waals surface area contributed by atoms with Crippen molar-refractivity contribution in [1.29, 1.82) is 0 Å². The third kappa shape index (κ3) is 3.83. The van der Waals surface area contributed by atoms with Gasteiger partial charge in [-0.1, -0.05) is 0 Å². The Morgan fingerprint density at radius 2 is 1.85 bits per heavy atom. The number of carboxylic acid groups (broad SMARTS) is 1. The molecule has 8 N–H and O–H groups in total. The highest BCUT2D eigenvalue weighted by atomic mass is 16.4. The molecule has 76 valence electrons. The van der Waals surface area contributed by atoms with Gasteiger partial charge in [-0.15, -0.1) is 0 Å². The number of carbonyl (C=O) groups excluding carboxylic acids is 1. The fourth-order valence-corrected chi connectivity index (χ4v) is 0.607. The molecule has 0 aliphatic carbocycles. The molecule has 0 aromatic heterocycles. The van der Waals surface area contributed by atoms with Crippen LogP contribution in [0.25, 0.3) is 0 Å². The molecular formula is C6H14N4O3. The second kappa shape index (κ2) is 5.46. The highest BCUT2D eigenvalue weighted by Gasteiger charge is 2.20. The maximum absolute atomic E-state index is 11.0. The molecule has 0 aliphatic rings. The van der Waals surface area contributed by atoms with E-state index in [-0.39, 0.29) is 13.1 Å². The fourth-order valence-electron chi connectivity index (χ4n) is 0.607. The number of amides is 1. The summed E-state index contributed by atoms with van der Waals surface area (Å²) in [6.45, 7) is -0.221. The van der Waals surface area contributed by atoms with E-state index in [0.717, 1.165) is 0 Å². The van der Waals surface area contributed by atoms with Crippen molar-refractivity contribution in [2.75, 3.05) is 13.1 Å². The quantitative estimate of drug-likeness (QED) is 0.309. The molecule has 7 nitrogen and oxygen atoms in total. The molecule has 1 unspecified atom stereocenters. The normalized spacial score (nSPS) is 14.7. The number of carboxylic acids is 1. The van der Waals surface area contributed by atoms with Crippen LogP contribution >= 0.6 is 0 Å². The van der Waals surface area contributed by atoms with Crippen LogP contribution in [0.1, 0.15) is 0 Å². The summed E-state index contributed by atoms with van der Waals surface area (Å²) in [7, 11) is 0. The third-order valence-corrected chi connectivity index (χ3v) is 1.44. The van der Waals surface area contributed by atoms with Crippen LogP contribution in [0, 0.1) is 0 Å². The lowest BCUT2D eigenvalue weighted by atomic mass is 10.2. The van der Waals surface area contributed by atoms with Crippen LogP contribution in [-0.2, 0) is 9.59 Å². The largest absolute Gasteiger partial charge is 0.480 e. The van der Waals surface area contributed by atoms with Gasteiger partial charge in [0, 0.05) is 13.1 Å². The first-order valence-electron chi connectivity index (χ1n) is 3.71. The Morgan fingerprint density at radius 1 is 1.31 bits per heavy atom. The minimum atomic E-state index is -1.19. The second-order valence-corrected chi connectivity index (χ2v) is 2.48. The van der Waals surface area contributed by atoms with Gasteiger partial charge in [0.05, 0.1) is 6.04 Å². The van der Waals surface area contributed by atoms with Crippen molar-refractivity contribution in [3.8, 4) is 0 Å². The molecule has 0 heterocycles. The van der Waals surface area contributed by atoms with Crippen molar-refractivity contribution in [1.82, 2.24) is 5.32 Å². The van der Waals surface area contributed by atoms with Crippen molar-refractivity contribution < 1.29 is 14.7 Å². The first-order chi connectivity index (χ1) is 6.02. The van der Waals surface area contributed by atoms with Gasteiger partial charge in [-0.3, -0.25) is 4.79 Å². The van der Waals surface area contributed by atoms with Crippen molar-refractivity contribution in [2.24, 2.45) is 17.2 Å². The lowest BCUT2D eigenvalue weighted by Gasteiger charge is -2.14. The van der Waals surface area contributed by atoms with Gasteiger partial charge in [-0.05, 0) is 0 Å². The summed E-state index contributed by atoms with van der Waals surface area (Å²) < 4.78 is 0. The molecule has 0 aromatic carbocycles. The molecule has 7 heteroatoms. The second-order valence-electron chi connectivity index (χ2n) is 2.48. The molecule has 13 heavy (non-hydrogen) atoms. The summed E-state index contributed by atoms with van der Waals surface area (Å²) in [5.74, 6) is -1.81. The van der Waals surface area contributed by atoms with Gasteiger partial charge < -0.3 is 27.6 Å². The Labute approximate surface area is 75.3 Å². The minimum Gasteiger partial charge on any atom is -0.480 e. The number of nitrogens with one attached hydrogen (secondary N) is 1. The number of nitrogens with two attached hydrogens (primary N) is 3. The van der Waals surface area contributed by atoms with E-state index in [1.165, 1.54) is 0 Å². The van der Waals surface area contributed by atoms with Crippen molar-refractivity contribution in [3.05, 3.63) is 0 Å². The van der Waals surface area contributed by atoms with Gasteiger partial charge in [0.2, 0.25) is 5.91 Å². The summed E-state index contributed by atoms with van der Waals surface area (Å²) in [5, 5.41) is 10.7. The zero-order valence-electron chi connectivity index (χ0n) is 7.06. The average molecular weight is 190 g/mol. The van der Waals surface area contributed by atoms with E-state index in [1.807, 2.05) is 0 Å². The zero-order chi connectivity index (χ0) is 10.4. The molecule has 0 aliphatic heterocycles. The first-order valence-corrected chi connectivity index (χ1v) is 3.71. The van der Waals surface area contributed by atoms with Crippen LogP contribution in [-0.4, -0.2) is 42.2 Å². The molecule has 0 rings (SSSR count). The Morgan fingerprint density at radius 3 is 2.15 bits per heavy atom. The van der Waals surface area contributed by atoms with Crippen LogP contribution in [0.4, 0.5) is 0 Å². The SMILES string of the molecule is NCC(NC(=O)[C@@H](N)CN)C(=O)O. The molecule has 0 aromatic rings. The summed E-state index contributed by atoms with van der Waals surface area (Å²) >= 11 is 0. The van der Waals surface area contributed by atoms with E-state index >= 15 is 0 Å². The Bertz CT molecular complexity index is 196. The summed E-state index contributed by atoms with van der Waals surface area (Å²) in [5.41, 5.74) is 15.4. The molecule has 0 radical (unpaired) electrons.